The van der Waals surface area contributed by atoms with Crippen LogP contribution in [-0.4, -0.2) is 33.4 Å². The SMILES string of the molecule is O=C(O)C(F)(F)F.O=C(O)Nc1cncc(F)c1. The molecule has 100 valence electrons. The summed E-state index contributed by atoms with van der Waals surface area (Å²) in [7, 11) is 0. The van der Waals surface area contributed by atoms with Gasteiger partial charge in [0.05, 0.1) is 18.1 Å². The normalized spacial score (nSPS) is 10.0. The number of hydrogen-bond donors (Lipinski definition) is 3. The van der Waals surface area contributed by atoms with Crippen LogP contribution in [0.3, 0.4) is 0 Å². The summed E-state index contributed by atoms with van der Waals surface area (Å²) in [5.41, 5.74) is 0.123. The molecule has 1 amide bonds. The molecule has 0 fully saturated rings. The van der Waals surface area contributed by atoms with Crippen LogP contribution in [0.15, 0.2) is 18.5 Å². The maximum absolute atomic E-state index is 12.3. The molecule has 0 aliphatic rings. The van der Waals surface area contributed by atoms with Crippen molar-refractivity contribution in [3.8, 4) is 0 Å². The lowest BCUT2D eigenvalue weighted by Crippen LogP contribution is -2.21. The molecule has 10 heteroatoms. The molecule has 0 unspecified atom stereocenters. The number of aliphatic carboxylic acids is 1. The quantitative estimate of drug-likeness (QED) is 0.677. The first-order valence-corrected chi connectivity index (χ1v) is 4.03. The largest absolute Gasteiger partial charge is 0.490 e. The number of carboxylic acids is 1. The molecule has 18 heavy (non-hydrogen) atoms. The Kier molecular flexibility index (Phi) is 5.53. The zero-order valence-electron chi connectivity index (χ0n) is 8.40. The maximum Gasteiger partial charge on any atom is 0.490 e. The number of aromatic nitrogens is 1. The van der Waals surface area contributed by atoms with E-state index in [0.717, 1.165) is 12.3 Å². The van der Waals surface area contributed by atoms with Crippen LogP contribution in [0.5, 0.6) is 0 Å². The Morgan fingerprint density at radius 3 is 2.06 bits per heavy atom. The Balaban J connectivity index is 0.000000360. The fourth-order valence-corrected chi connectivity index (χ4v) is 0.604. The van der Waals surface area contributed by atoms with E-state index in [-0.39, 0.29) is 5.69 Å². The number of amides is 1. The summed E-state index contributed by atoms with van der Waals surface area (Å²) in [6.07, 6.45) is -4.11. The van der Waals surface area contributed by atoms with Gasteiger partial charge in [-0.3, -0.25) is 10.3 Å². The zero-order chi connectivity index (χ0) is 14.3. The molecule has 6 nitrogen and oxygen atoms in total. The average molecular weight is 270 g/mol. The van der Waals surface area contributed by atoms with Crippen molar-refractivity contribution >= 4 is 17.7 Å². The second kappa shape index (κ2) is 6.37. The molecule has 1 aromatic heterocycles. The van der Waals surface area contributed by atoms with Gasteiger partial charge in [0, 0.05) is 6.07 Å². The Bertz CT molecular complexity index is 435. The van der Waals surface area contributed by atoms with Crippen molar-refractivity contribution in [3.63, 3.8) is 0 Å². The van der Waals surface area contributed by atoms with Crippen molar-refractivity contribution in [2.24, 2.45) is 0 Å². The van der Waals surface area contributed by atoms with E-state index in [0.29, 0.717) is 0 Å². The van der Waals surface area contributed by atoms with Crippen LogP contribution in [-0.2, 0) is 4.79 Å². The van der Waals surface area contributed by atoms with Crippen LogP contribution in [0.1, 0.15) is 0 Å². The maximum atomic E-state index is 12.3. The third kappa shape index (κ3) is 6.98. The molecule has 3 N–H and O–H groups in total. The lowest BCUT2D eigenvalue weighted by atomic mass is 10.4. The molecule has 0 aliphatic heterocycles. The van der Waals surface area contributed by atoms with Crippen LogP contribution in [0.4, 0.5) is 28.0 Å². The summed E-state index contributed by atoms with van der Waals surface area (Å²) in [6.45, 7) is 0. The summed E-state index contributed by atoms with van der Waals surface area (Å²) >= 11 is 0. The third-order valence-corrected chi connectivity index (χ3v) is 1.20. The van der Waals surface area contributed by atoms with Crippen LogP contribution >= 0.6 is 0 Å². The Morgan fingerprint density at radius 2 is 1.72 bits per heavy atom. The highest BCUT2D eigenvalue weighted by atomic mass is 19.4. The number of rotatable bonds is 1. The first-order valence-electron chi connectivity index (χ1n) is 4.03. The summed E-state index contributed by atoms with van der Waals surface area (Å²) in [5, 5.41) is 17.3. The molecule has 0 aromatic carbocycles. The highest BCUT2D eigenvalue weighted by Crippen LogP contribution is 2.13. The van der Waals surface area contributed by atoms with Crippen LogP contribution in [0.25, 0.3) is 0 Å². The minimum absolute atomic E-state index is 0.123. The van der Waals surface area contributed by atoms with E-state index in [1.807, 2.05) is 5.32 Å². The molecular weight excluding hydrogens is 264 g/mol. The van der Waals surface area contributed by atoms with E-state index in [4.69, 9.17) is 15.0 Å². The van der Waals surface area contributed by atoms with Gasteiger partial charge in [0.2, 0.25) is 0 Å². The van der Waals surface area contributed by atoms with Gasteiger partial charge >= 0.3 is 18.2 Å². The number of nitrogens with zero attached hydrogens (tertiary/aromatic N) is 1. The Hall–Kier alpha value is -2.39. The van der Waals surface area contributed by atoms with Crippen LogP contribution < -0.4 is 5.32 Å². The van der Waals surface area contributed by atoms with Crippen molar-refractivity contribution in [1.82, 2.24) is 4.98 Å². The molecule has 1 aromatic rings. The molecule has 0 radical (unpaired) electrons. The zero-order valence-corrected chi connectivity index (χ0v) is 8.40. The van der Waals surface area contributed by atoms with Gasteiger partial charge in [-0.15, -0.1) is 0 Å². The minimum atomic E-state index is -5.08. The number of hydrogen-bond acceptors (Lipinski definition) is 3. The lowest BCUT2D eigenvalue weighted by molar-refractivity contribution is -0.192. The fraction of sp³-hybridized carbons (Fsp3) is 0.125. The Labute approximate surface area is 96.9 Å². The van der Waals surface area contributed by atoms with E-state index in [1.165, 1.54) is 6.20 Å². The Morgan fingerprint density at radius 1 is 1.22 bits per heavy atom. The predicted molar refractivity (Wildman–Crippen MR) is 49.5 cm³/mol. The van der Waals surface area contributed by atoms with E-state index in [1.54, 1.807) is 0 Å². The summed E-state index contributed by atoms with van der Waals surface area (Å²) < 4.78 is 44.1. The van der Waals surface area contributed by atoms with Crippen molar-refractivity contribution < 1.29 is 37.4 Å². The molecule has 0 aliphatic carbocycles. The van der Waals surface area contributed by atoms with Gasteiger partial charge in [-0.2, -0.15) is 13.2 Å². The predicted octanol–water partition coefficient (Wildman–Crippen LogP) is 1.94. The average Bonchev–Trinajstić information content (AvgIpc) is 2.15. The number of carbonyl (C=O) groups is 2. The number of alkyl halides is 3. The van der Waals surface area contributed by atoms with Crippen molar-refractivity contribution in [1.29, 1.82) is 0 Å². The number of pyridine rings is 1. The molecule has 0 spiro atoms. The fourth-order valence-electron chi connectivity index (χ4n) is 0.604. The molecular formula is C8H6F4N2O4. The van der Waals surface area contributed by atoms with Crippen LogP contribution in [0.2, 0.25) is 0 Å². The van der Waals surface area contributed by atoms with E-state index < -0.39 is 24.1 Å². The molecule has 0 saturated heterocycles. The van der Waals surface area contributed by atoms with Gasteiger partial charge in [-0.25, -0.2) is 14.0 Å². The number of carboxylic acid groups (broad SMARTS) is 2. The summed E-state index contributed by atoms with van der Waals surface area (Å²) in [6, 6.07) is 1.04. The van der Waals surface area contributed by atoms with Gasteiger partial charge in [-0.1, -0.05) is 0 Å². The smallest absolute Gasteiger partial charge is 0.475 e. The molecule has 0 saturated carbocycles. The molecule has 1 rings (SSSR count). The highest BCUT2D eigenvalue weighted by Gasteiger charge is 2.38. The first-order chi connectivity index (χ1) is 8.12. The lowest BCUT2D eigenvalue weighted by Gasteiger charge is -1.97. The van der Waals surface area contributed by atoms with E-state index >= 15 is 0 Å². The third-order valence-electron chi connectivity index (χ3n) is 1.20. The second-order valence-corrected chi connectivity index (χ2v) is 2.62. The molecule has 0 bridgehead atoms. The van der Waals surface area contributed by atoms with Gasteiger partial charge in [0.15, 0.2) is 0 Å². The van der Waals surface area contributed by atoms with E-state index in [9.17, 15) is 22.4 Å². The standard InChI is InChI=1S/C6H5FN2O2.C2HF3O2/c7-4-1-5(3-8-2-4)9-6(10)11;3-2(4,5)1(6)7/h1-3,9H,(H,10,11);(H,6,7). The van der Waals surface area contributed by atoms with E-state index in [2.05, 4.69) is 4.98 Å². The monoisotopic (exact) mass is 270 g/mol. The molecule has 0 atom stereocenters. The van der Waals surface area contributed by atoms with Gasteiger partial charge in [-0.05, 0) is 0 Å². The minimum Gasteiger partial charge on any atom is -0.475 e. The molecule has 1 heterocycles. The highest BCUT2D eigenvalue weighted by molar-refractivity contribution is 5.82. The summed E-state index contributed by atoms with van der Waals surface area (Å²) in [4.78, 5) is 22.4. The van der Waals surface area contributed by atoms with Gasteiger partial charge in [0.25, 0.3) is 0 Å². The number of nitrogens with one attached hydrogen (secondary N) is 1. The van der Waals surface area contributed by atoms with Crippen LogP contribution in [0, 0.1) is 5.82 Å². The van der Waals surface area contributed by atoms with Crippen molar-refractivity contribution in [2.75, 3.05) is 5.32 Å². The van der Waals surface area contributed by atoms with Gasteiger partial charge < -0.3 is 10.2 Å². The summed E-state index contributed by atoms with van der Waals surface area (Å²) in [5.74, 6) is -3.33. The second-order valence-electron chi connectivity index (χ2n) is 2.62. The topological polar surface area (TPSA) is 99.5 Å². The number of halogens is 4. The first kappa shape index (κ1) is 15.6. The van der Waals surface area contributed by atoms with Crippen molar-refractivity contribution in [3.05, 3.63) is 24.3 Å². The van der Waals surface area contributed by atoms with Crippen molar-refractivity contribution in [2.45, 2.75) is 6.18 Å². The number of anilines is 1. The van der Waals surface area contributed by atoms with Gasteiger partial charge in [0.1, 0.15) is 5.82 Å².